The fraction of sp³-hybridized carbons (Fsp3) is 0.308. The summed E-state index contributed by atoms with van der Waals surface area (Å²) in [5.74, 6) is -0.965. The summed E-state index contributed by atoms with van der Waals surface area (Å²) >= 11 is 0. The molecule has 0 heterocycles. The Bertz CT molecular complexity index is 491. The van der Waals surface area contributed by atoms with Gasteiger partial charge in [0.15, 0.2) is 6.10 Å². The van der Waals surface area contributed by atoms with Crippen molar-refractivity contribution < 1.29 is 14.3 Å². The van der Waals surface area contributed by atoms with Crippen LogP contribution in [-0.4, -0.2) is 24.5 Å². The van der Waals surface area contributed by atoms with Crippen LogP contribution in [0.3, 0.4) is 0 Å². The third kappa shape index (κ3) is 3.59. The topological polar surface area (TPSA) is 79.2 Å². The minimum atomic E-state index is -0.858. The van der Waals surface area contributed by atoms with Crippen molar-refractivity contribution in [1.29, 1.82) is 5.26 Å². The minimum Gasteiger partial charge on any atom is -0.449 e. The highest BCUT2D eigenvalue weighted by molar-refractivity contribution is 5.92. The Kier molecular flexibility index (Phi) is 4.88. The number of hydrogen-bond donors (Lipinski definition) is 1. The summed E-state index contributed by atoms with van der Waals surface area (Å²) in [6.07, 6.45) is -0.858. The molecule has 0 aliphatic rings. The van der Waals surface area contributed by atoms with E-state index in [2.05, 4.69) is 5.32 Å². The summed E-state index contributed by atoms with van der Waals surface area (Å²) in [7, 11) is 0. The summed E-state index contributed by atoms with van der Waals surface area (Å²) in [5.41, 5.74) is 0.625. The van der Waals surface area contributed by atoms with Gasteiger partial charge >= 0.3 is 5.97 Å². The van der Waals surface area contributed by atoms with E-state index in [0.29, 0.717) is 12.1 Å². The van der Waals surface area contributed by atoms with Crippen LogP contribution >= 0.6 is 0 Å². The van der Waals surface area contributed by atoms with Crippen LogP contribution in [0, 0.1) is 11.3 Å². The molecule has 0 fully saturated rings. The van der Waals surface area contributed by atoms with Crippen LogP contribution in [0.2, 0.25) is 0 Å². The number of rotatable bonds is 4. The van der Waals surface area contributed by atoms with Gasteiger partial charge in [0.05, 0.1) is 17.2 Å². The van der Waals surface area contributed by atoms with Gasteiger partial charge in [0.25, 0.3) is 5.91 Å². The largest absolute Gasteiger partial charge is 0.449 e. The van der Waals surface area contributed by atoms with Gasteiger partial charge in [-0.15, -0.1) is 0 Å². The molecule has 5 heteroatoms. The molecule has 1 atom stereocenters. The Hall–Kier alpha value is -2.35. The molecular formula is C13H14N2O3. The zero-order valence-electron chi connectivity index (χ0n) is 10.3. The second kappa shape index (κ2) is 6.40. The molecule has 1 aromatic rings. The van der Waals surface area contributed by atoms with Crippen molar-refractivity contribution in [1.82, 2.24) is 5.32 Å². The zero-order valence-corrected chi connectivity index (χ0v) is 10.3. The first-order valence-corrected chi connectivity index (χ1v) is 5.57. The molecule has 1 rings (SSSR count). The average Bonchev–Trinajstić information content (AvgIpc) is 2.39. The van der Waals surface area contributed by atoms with E-state index in [1.165, 1.54) is 19.1 Å². The standard InChI is InChI=1S/C13H14N2O3/c1-3-15-12(16)9(2)18-13(17)11-6-4-5-10(7-11)8-14/h4-7,9H,3H2,1-2H3,(H,15,16)/t9-/m0/s1. The van der Waals surface area contributed by atoms with Crippen molar-refractivity contribution in [3.8, 4) is 6.07 Å². The highest BCUT2D eigenvalue weighted by Gasteiger charge is 2.18. The number of ether oxygens (including phenoxy) is 1. The molecule has 0 aliphatic carbocycles. The molecule has 1 aromatic carbocycles. The van der Waals surface area contributed by atoms with Gasteiger partial charge in [-0.05, 0) is 32.0 Å². The number of nitriles is 1. The normalized spacial score (nSPS) is 11.2. The van der Waals surface area contributed by atoms with E-state index >= 15 is 0 Å². The van der Waals surface area contributed by atoms with E-state index in [-0.39, 0.29) is 11.5 Å². The molecule has 18 heavy (non-hydrogen) atoms. The summed E-state index contributed by atoms with van der Waals surface area (Å²) in [5, 5.41) is 11.3. The Labute approximate surface area is 105 Å². The maximum absolute atomic E-state index is 11.7. The lowest BCUT2D eigenvalue weighted by Gasteiger charge is -2.12. The molecule has 1 amide bonds. The van der Waals surface area contributed by atoms with Gasteiger partial charge in [-0.1, -0.05) is 6.07 Å². The highest BCUT2D eigenvalue weighted by Crippen LogP contribution is 2.07. The van der Waals surface area contributed by atoms with Gasteiger partial charge in [0.1, 0.15) is 0 Å². The van der Waals surface area contributed by atoms with E-state index in [0.717, 1.165) is 0 Å². The van der Waals surface area contributed by atoms with E-state index < -0.39 is 12.1 Å². The Morgan fingerprint density at radius 2 is 2.22 bits per heavy atom. The van der Waals surface area contributed by atoms with Gasteiger partial charge < -0.3 is 10.1 Å². The number of carbonyl (C=O) groups is 2. The van der Waals surface area contributed by atoms with Crippen LogP contribution in [0.15, 0.2) is 24.3 Å². The molecule has 0 spiro atoms. The summed E-state index contributed by atoms with van der Waals surface area (Å²) in [6, 6.07) is 8.07. The molecular weight excluding hydrogens is 232 g/mol. The Morgan fingerprint density at radius 1 is 1.50 bits per heavy atom. The summed E-state index contributed by atoms with van der Waals surface area (Å²) in [4.78, 5) is 23.1. The number of benzene rings is 1. The second-order valence-corrected chi connectivity index (χ2v) is 3.63. The zero-order chi connectivity index (χ0) is 13.5. The van der Waals surface area contributed by atoms with Gasteiger partial charge in [-0.25, -0.2) is 4.79 Å². The van der Waals surface area contributed by atoms with Gasteiger partial charge in [0.2, 0.25) is 0 Å². The molecule has 1 N–H and O–H groups in total. The summed E-state index contributed by atoms with van der Waals surface area (Å²) < 4.78 is 4.99. The molecule has 94 valence electrons. The van der Waals surface area contributed by atoms with Crippen LogP contribution in [0.4, 0.5) is 0 Å². The minimum absolute atomic E-state index is 0.255. The lowest BCUT2D eigenvalue weighted by atomic mass is 10.1. The predicted octanol–water partition coefficient (Wildman–Crippen LogP) is 1.24. The van der Waals surface area contributed by atoms with Gasteiger partial charge in [-0.3, -0.25) is 4.79 Å². The third-order valence-electron chi connectivity index (χ3n) is 2.23. The summed E-state index contributed by atoms with van der Waals surface area (Å²) in [6.45, 7) is 3.75. The molecule has 0 bridgehead atoms. The maximum atomic E-state index is 11.7. The Morgan fingerprint density at radius 3 is 2.83 bits per heavy atom. The highest BCUT2D eigenvalue weighted by atomic mass is 16.5. The number of nitrogens with one attached hydrogen (secondary N) is 1. The number of hydrogen-bond acceptors (Lipinski definition) is 4. The Balaban J connectivity index is 2.71. The van der Waals surface area contributed by atoms with Crippen molar-refractivity contribution in [3.63, 3.8) is 0 Å². The van der Waals surface area contributed by atoms with Crippen molar-refractivity contribution in [3.05, 3.63) is 35.4 Å². The fourth-order valence-electron chi connectivity index (χ4n) is 1.32. The van der Waals surface area contributed by atoms with E-state index in [1.807, 2.05) is 6.07 Å². The van der Waals surface area contributed by atoms with Gasteiger partial charge in [-0.2, -0.15) is 5.26 Å². The van der Waals surface area contributed by atoms with E-state index in [4.69, 9.17) is 10.00 Å². The van der Waals surface area contributed by atoms with Crippen LogP contribution < -0.4 is 5.32 Å². The molecule has 0 saturated carbocycles. The van der Waals surface area contributed by atoms with Crippen LogP contribution in [0.25, 0.3) is 0 Å². The smallest absolute Gasteiger partial charge is 0.338 e. The van der Waals surface area contributed by atoms with Crippen LogP contribution in [0.1, 0.15) is 29.8 Å². The van der Waals surface area contributed by atoms with Crippen molar-refractivity contribution >= 4 is 11.9 Å². The van der Waals surface area contributed by atoms with E-state index in [1.54, 1.807) is 19.1 Å². The lowest BCUT2D eigenvalue weighted by Crippen LogP contribution is -2.35. The van der Waals surface area contributed by atoms with Crippen molar-refractivity contribution in [2.75, 3.05) is 6.54 Å². The maximum Gasteiger partial charge on any atom is 0.338 e. The third-order valence-corrected chi connectivity index (χ3v) is 2.23. The molecule has 5 nitrogen and oxygen atoms in total. The number of likely N-dealkylation sites (N-methyl/N-ethyl adjacent to an activating group) is 1. The first-order valence-electron chi connectivity index (χ1n) is 5.57. The number of amides is 1. The molecule has 0 radical (unpaired) electrons. The molecule has 0 saturated heterocycles. The number of carbonyl (C=O) groups excluding carboxylic acids is 2. The molecule has 0 unspecified atom stereocenters. The van der Waals surface area contributed by atoms with Crippen LogP contribution in [0.5, 0.6) is 0 Å². The second-order valence-electron chi connectivity index (χ2n) is 3.63. The quantitative estimate of drug-likeness (QED) is 0.810. The van der Waals surface area contributed by atoms with E-state index in [9.17, 15) is 9.59 Å². The fourth-order valence-corrected chi connectivity index (χ4v) is 1.32. The molecule has 0 aromatic heterocycles. The first kappa shape index (κ1) is 13.7. The number of nitrogens with zero attached hydrogens (tertiary/aromatic N) is 1. The predicted molar refractivity (Wildman–Crippen MR) is 64.7 cm³/mol. The van der Waals surface area contributed by atoms with Crippen molar-refractivity contribution in [2.45, 2.75) is 20.0 Å². The van der Waals surface area contributed by atoms with Crippen LogP contribution in [-0.2, 0) is 9.53 Å². The van der Waals surface area contributed by atoms with Gasteiger partial charge in [0, 0.05) is 6.54 Å². The number of esters is 1. The first-order chi connectivity index (χ1) is 8.58. The molecule has 0 aliphatic heterocycles. The van der Waals surface area contributed by atoms with Crippen molar-refractivity contribution in [2.24, 2.45) is 0 Å². The monoisotopic (exact) mass is 246 g/mol. The average molecular weight is 246 g/mol. The SMILES string of the molecule is CCNC(=O)[C@H](C)OC(=O)c1cccc(C#N)c1. The lowest BCUT2D eigenvalue weighted by molar-refractivity contribution is -0.128.